The molecule has 5 heteroatoms. The average molecular weight is 339 g/mol. The van der Waals surface area contributed by atoms with Gasteiger partial charge < -0.3 is 11.1 Å². The Labute approximate surface area is 146 Å². The third kappa shape index (κ3) is 2.78. The molecule has 1 atom stereocenters. The van der Waals surface area contributed by atoms with E-state index in [0.29, 0.717) is 36.4 Å². The first-order chi connectivity index (χ1) is 11.6. The van der Waals surface area contributed by atoms with Crippen molar-refractivity contribution in [3.8, 4) is 6.07 Å². The van der Waals surface area contributed by atoms with Gasteiger partial charge in [-0.3, -0.25) is 4.79 Å². The Balaban J connectivity index is 1.95. The Kier molecular flexibility index (Phi) is 4.59. The van der Waals surface area contributed by atoms with Gasteiger partial charge in [0.1, 0.15) is 0 Å². The molecule has 0 saturated heterocycles. The summed E-state index contributed by atoms with van der Waals surface area (Å²) in [6, 6.07) is 12.5. The van der Waals surface area contributed by atoms with Crippen LogP contribution in [0.5, 0.6) is 0 Å². The number of nitrogens with one attached hydrogen (secondary N) is 1. The summed E-state index contributed by atoms with van der Waals surface area (Å²) in [5.41, 5.74) is 8.32. The fourth-order valence-electron chi connectivity index (χ4n) is 3.38. The van der Waals surface area contributed by atoms with Gasteiger partial charge in [0, 0.05) is 17.8 Å². The first-order valence-electron chi connectivity index (χ1n) is 8.26. The Hall–Kier alpha value is -2.32. The van der Waals surface area contributed by atoms with E-state index in [-0.39, 0.29) is 5.91 Å². The molecular formula is C19H21N3OS. The molecule has 1 amide bonds. The van der Waals surface area contributed by atoms with Gasteiger partial charge in [-0.25, -0.2) is 0 Å². The topological polar surface area (TPSA) is 78.9 Å². The molecule has 0 spiro atoms. The lowest BCUT2D eigenvalue weighted by atomic mass is 9.70. The second-order valence-corrected chi connectivity index (χ2v) is 7.37. The van der Waals surface area contributed by atoms with Crippen molar-refractivity contribution in [3.05, 3.63) is 51.9 Å². The van der Waals surface area contributed by atoms with Gasteiger partial charge in [0.25, 0.3) is 5.91 Å². The third-order valence-corrected chi connectivity index (χ3v) is 5.75. The molecule has 4 nitrogen and oxygen atoms in total. The molecule has 2 aromatic rings. The molecule has 0 radical (unpaired) electrons. The third-order valence-electron chi connectivity index (χ3n) is 4.69. The number of hydrogen-bond donors (Lipinski definition) is 2. The van der Waals surface area contributed by atoms with E-state index in [9.17, 15) is 10.1 Å². The van der Waals surface area contributed by atoms with E-state index in [1.807, 2.05) is 37.3 Å². The number of anilines is 1. The van der Waals surface area contributed by atoms with Gasteiger partial charge in [-0.1, -0.05) is 37.3 Å². The van der Waals surface area contributed by atoms with Gasteiger partial charge in [0.05, 0.1) is 22.0 Å². The number of carbonyl (C=O) groups excluding carboxylic acids is 1. The first-order valence-corrected chi connectivity index (χ1v) is 9.08. The predicted octanol–water partition coefficient (Wildman–Crippen LogP) is 3.42. The maximum absolute atomic E-state index is 12.4. The normalized spacial score (nSPS) is 19.3. The van der Waals surface area contributed by atoms with Crippen LogP contribution in [0.4, 0.5) is 5.00 Å². The molecule has 1 heterocycles. The molecule has 3 N–H and O–H groups in total. The van der Waals surface area contributed by atoms with Crippen LogP contribution in [-0.2, 0) is 18.3 Å². The second kappa shape index (κ2) is 6.66. The lowest BCUT2D eigenvalue weighted by Crippen LogP contribution is -2.32. The van der Waals surface area contributed by atoms with Crippen LogP contribution < -0.4 is 11.1 Å². The number of thiophene rings is 1. The van der Waals surface area contributed by atoms with Crippen molar-refractivity contribution < 1.29 is 4.79 Å². The summed E-state index contributed by atoms with van der Waals surface area (Å²) >= 11 is 1.46. The molecule has 0 fully saturated rings. The average Bonchev–Trinajstić information content (AvgIpc) is 2.94. The van der Waals surface area contributed by atoms with Crippen LogP contribution in [0, 0.1) is 11.3 Å². The van der Waals surface area contributed by atoms with Crippen molar-refractivity contribution >= 4 is 22.2 Å². The zero-order valence-corrected chi connectivity index (χ0v) is 14.6. The zero-order valence-electron chi connectivity index (χ0n) is 13.8. The van der Waals surface area contributed by atoms with Gasteiger partial charge in [0.2, 0.25) is 0 Å². The van der Waals surface area contributed by atoms with E-state index < -0.39 is 5.41 Å². The summed E-state index contributed by atoms with van der Waals surface area (Å²) in [5.74, 6) is -0.0870. The first kappa shape index (κ1) is 16.5. The minimum absolute atomic E-state index is 0.0870. The van der Waals surface area contributed by atoms with Crippen molar-refractivity contribution in [2.24, 2.45) is 0 Å². The quantitative estimate of drug-likeness (QED) is 0.896. The highest BCUT2D eigenvalue weighted by Crippen LogP contribution is 2.44. The Bertz CT molecular complexity index is 791. The zero-order chi connectivity index (χ0) is 17.2. The van der Waals surface area contributed by atoms with Gasteiger partial charge in [0.15, 0.2) is 0 Å². The van der Waals surface area contributed by atoms with Crippen molar-refractivity contribution in [2.45, 2.75) is 38.0 Å². The number of amides is 1. The van der Waals surface area contributed by atoms with Gasteiger partial charge in [-0.05, 0) is 30.4 Å². The van der Waals surface area contributed by atoms with Crippen LogP contribution in [0.2, 0.25) is 0 Å². The number of hydrogen-bond acceptors (Lipinski definition) is 4. The molecule has 1 unspecified atom stereocenters. The molecule has 24 heavy (non-hydrogen) atoms. The summed E-state index contributed by atoms with van der Waals surface area (Å²) in [6.07, 6.45) is 2.94. The molecule has 0 aliphatic heterocycles. The summed E-state index contributed by atoms with van der Waals surface area (Å²) in [5, 5.41) is 13.3. The largest absolute Gasteiger partial charge is 0.390 e. The van der Waals surface area contributed by atoms with Crippen LogP contribution in [0.15, 0.2) is 30.3 Å². The monoisotopic (exact) mass is 339 g/mol. The van der Waals surface area contributed by atoms with Crippen molar-refractivity contribution in [1.82, 2.24) is 5.32 Å². The van der Waals surface area contributed by atoms with Crippen LogP contribution in [0.25, 0.3) is 0 Å². The predicted molar refractivity (Wildman–Crippen MR) is 97.1 cm³/mol. The van der Waals surface area contributed by atoms with Gasteiger partial charge in [-0.15, -0.1) is 11.3 Å². The summed E-state index contributed by atoms with van der Waals surface area (Å²) in [6.45, 7) is 2.67. The lowest BCUT2D eigenvalue weighted by Gasteiger charge is -2.31. The molecule has 1 aromatic heterocycles. The number of benzene rings is 1. The molecule has 1 aromatic carbocycles. The molecule has 0 bridgehead atoms. The molecule has 1 aliphatic rings. The maximum Gasteiger partial charge on any atom is 0.254 e. The second-order valence-electron chi connectivity index (χ2n) is 6.24. The number of nitrogen functional groups attached to an aromatic ring is 1. The fourth-order valence-corrected chi connectivity index (χ4v) is 4.61. The number of rotatable bonds is 4. The fraction of sp³-hybridized carbons (Fsp3) is 0.368. The minimum atomic E-state index is -0.525. The van der Waals surface area contributed by atoms with E-state index in [1.54, 1.807) is 0 Å². The smallest absolute Gasteiger partial charge is 0.254 e. The SMILES string of the molecule is CCCNC(=O)c1c(N)sc2c1CCC(C#N)(c1ccccc1)C2. The minimum Gasteiger partial charge on any atom is -0.390 e. The maximum atomic E-state index is 12.4. The lowest BCUT2D eigenvalue weighted by molar-refractivity contribution is 0.0953. The van der Waals surface area contributed by atoms with Crippen LogP contribution in [0.3, 0.4) is 0 Å². The molecule has 0 saturated carbocycles. The summed E-state index contributed by atoms with van der Waals surface area (Å²) in [7, 11) is 0. The van der Waals surface area contributed by atoms with Crippen LogP contribution >= 0.6 is 11.3 Å². The highest BCUT2D eigenvalue weighted by atomic mass is 32.1. The number of nitrogens with two attached hydrogens (primary N) is 1. The standard InChI is InChI=1S/C19H21N3OS/c1-2-10-22-18(23)16-14-8-9-19(12-20,11-15(14)24-17(16)21)13-6-4-3-5-7-13/h3-7H,2,8-11,21H2,1H3,(H,22,23). The van der Waals surface area contributed by atoms with Crippen molar-refractivity contribution in [2.75, 3.05) is 12.3 Å². The molecule has 1 aliphatic carbocycles. The summed E-state index contributed by atoms with van der Waals surface area (Å²) < 4.78 is 0. The van der Waals surface area contributed by atoms with Crippen LogP contribution in [0.1, 0.15) is 46.1 Å². The number of nitriles is 1. The Morgan fingerprint density at radius 2 is 2.17 bits per heavy atom. The highest BCUT2D eigenvalue weighted by Gasteiger charge is 2.39. The molecule has 124 valence electrons. The summed E-state index contributed by atoms with van der Waals surface area (Å²) in [4.78, 5) is 13.5. The van der Waals surface area contributed by atoms with Crippen molar-refractivity contribution in [1.29, 1.82) is 5.26 Å². The van der Waals surface area contributed by atoms with E-state index in [4.69, 9.17) is 5.73 Å². The molecular weight excluding hydrogens is 318 g/mol. The van der Waals surface area contributed by atoms with E-state index >= 15 is 0 Å². The van der Waals surface area contributed by atoms with E-state index in [1.165, 1.54) is 11.3 Å². The Morgan fingerprint density at radius 3 is 2.83 bits per heavy atom. The Morgan fingerprint density at radius 1 is 1.42 bits per heavy atom. The van der Waals surface area contributed by atoms with E-state index in [0.717, 1.165) is 22.4 Å². The van der Waals surface area contributed by atoms with Gasteiger partial charge >= 0.3 is 0 Å². The molecule has 3 rings (SSSR count). The highest BCUT2D eigenvalue weighted by molar-refractivity contribution is 7.16. The van der Waals surface area contributed by atoms with Crippen LogP contribution in [-0.4, -0.2) is 12.5 Å². The van der Waals surface area contributed by atoms with Crippen molar-refractivity contribution in [3.63, 3.8) is 0 Å². The van der Waals surface area contributed by atoms with Gasteiger partial charge in [-0.2, -0.15) is 5.26 Å². The number of nitrogens with zero attached hydrogens (tertiary/aromatic N) is 1. The number of carbonyl (C=O) groups is 1. The van der Waals surface area contributed by atoms with E-state index in [2.05, 4.69) is 11.4 Å². The number of fused-ring (bicyclic) bond motifs is 1.